The lowest BCUT2D eigenvalue weighted by Gasteiger charge is -2.22. The number of aliphatic imine (C=N–C) groups is 1. The van der Waals surface area contributed by atoms with Gasteiger partial charge in [-0.25, -0.2) is 0 Å². The minimum Gasteiger partial charge on any atom is -0.367 e. The molecule has 1 unspecified atom stereocenters. The number of nitrogens with zero attached hydrogens (tertiary/aromatic N) is 2. The number of halogens is 2. The smallest absolute Gasteiger partial charge is 0.0968 e. The summed E-state index contributed by atoms with van der Waals surface area (Å²) in [6.45, 7) is 0.894. The van der Waals surface area contributed by atoms with E-state index in [4.69, 9.17) is 23.2 Å². The van der Waals surface area contributed by atoms with E-state index in [1.54, 1.807) is 6.20 Å². The van der Waals surface area contributed by atoms with Gasteiger partial charge in [-0.05, 0) is 36.1 Å². The van der Waals surface area contributed by atoms with Gasteiger partial charge in [-0.3, -0.25) is 9.98 Å². The van der Waals surface area contributed by atoms with Crippen LogP contribution in [0.3, 0.4) is 0 Å². The molecular weight excluding hydrogens is 317 g/mol. The van der Waals surface area contributed by atoms with E-state index in [2.05, 4.69) is 21.4 Å². The SMILES string of the molecule is Clc1cccc(C(Cc2cccnc2)NC2=NCCC2)c1Cl. The van der Waals surface area contributed by atoms with Crippen LogP contribution in [0.4, 0.5) is 0 Å². The van der Waals surface area contributed by atoms with Crippen molar-refractivity contribution < 1.29 is 0 Å². The van der Waals surface area contributed by atoms with Crippen LogP contribution in [0, 0.1) is 0 Å². The summed E-state index contributed by atoms with van der Waals surface area (Å²) in [4.78, 5) is 8.69. The predicted molar refractivity (Wildman–Crippen MR) is 91.8 cm³/mol. The van der Waals surface area contributed by atoms with E-state index in [0.717, 1.165) is 42.8 Å². The lowest BCUT2D eigenvalue weighted by atomic mass is 9.99. The van der Waals surface area contributed by atoms with E-state index in [0.29, 0.717) is 10.0 Å². The molecule has 0 aliphatic carbocycles. The highest BCUT2D eigenvalue weighted by atomic mass is 35.5. The molecule has 114 valence electrons. The average Bonchev–Trinajstić information content (AvgIpc) is 3.03. The maximum absolute atomic E-state index is 6.41. The second-order valence-electron chi connectivity index (χ2n) is 5.34. The van der Waals surface area contributed by atoms with Crippen LogP contribution in [0.25, 0.3) is 0 Å². The van der Waals surface area contributed by atoms with Crippen molar-refractivity contribution in [1.82, 2.24) is 10.3 Å². The molecule has 3 nitrogen and oxygen atoms in total. The molecule has 0 radical (unpaired) electrons. The third-order valence-corrected chi connectivity index (χ3v) is 4.57. The zero-order valence-corrected chi connectivity index (χ0v) is 13.6. The first kappa shape index (κ1) is 15.3. The van der Waals surface area contributed by atoms with Crippen molar-refractivity contribution in [3.05, 3.63) is 63.9 Å². The van der Waals surface area contributed by atoms with Crippen molar-refractivity contribution in [3.63, 3.8) is 0 Å². The van der Waals surface area contributed by atoms with Crippen molar-refractivity contribution in [1.29, 1.82) is 0 Å². The third kappa shape index (κ3) is 3.60. The number of nitrogens with one attached hydrogen (secondary N) is 1. The maximum Gasteiger partial charge on any atom is 0.0968 e. The molecule has 0 saturated heterocycles. The molecule has 0 fully saturated rings. The molecule has 0 spiro atoms. The summed E-state index contributed by atoms with van der Waals surface area (Å²) in [5.41, 5.74) is 2.14. The topological polar surface area (TPSA) is 37.3 Å². The number of rotatable bonds is 4. The number of benzene rings is 1. The monoisotopic (exact) mass is 333 g/mol. The minimum atomic E-state index is 0.0345. The van der Waals surface area contributed by atoms with Crippen molar-refractivity contribution in [3.8, 4) is 0 Å². The van der Waals surface area contributed by atoms with Crippen LogP contribution in [-0.4, -0.2) is 17.4 Å². The van der Waals surface area contributed by atoms with Crippen molar-refractivity contribution in [2.24, 2.45) is 4.99 Å². The highest BCUT2D eigenvalue weighted by Crippen LogP contribution is 2.31. The van der Waals surface area contributed by atoms with Gasteiger partial charge in [0.25, 0.3) is 0 Å². The van der Waals surface area contributed by atoms with Crippen LogP contribution in [0.15, 0.2) is 47.7 Å². The molecule has 1 aromatic carbocycles. The molecule has 1 aromatic heterocycles. The number of hydrogen-bond donors (Lipinski definition) is 1. The van der Waals surface area contributed by atoms with E-state index in [1.165, 1.54) is 0 Å². The van der Waals surface area contributed by atoms with Crippen LogP contribution < -0.4 is 5.32 Å². The predicted octanol–water partition coefficient (Wildman–Crippen LogP) is 4.45. The van der Waals surface area contributed by atoms with Gasteiger partial charge in [0.2, 0.25) is 0 Å². The zero-order valence-electron chi connectivity index (χ0n) is 12.1. The van der Waals surface area contributed by atoms with E-state index >= 15 is 0 Å². The summed E-state index contributed by atoms with van der Waals surface area (Å²) in [7, 11) is 0. The van der Waals surface area contributed by atoms with Gasteiger partial charge in [0, 0.05) is 25.4 Å². The Balaban J connectivity index is 1.89. The second-order valence-corrected chi connectivity index (χ2v) is 6.12. The number of amidine groups is 1. The Bertz CT molecular complexity index is 671. The Kier molecular flexibility index (Phi) is 4.96. The van der Waals surface area contributed by atoms with Gasteiger partial charge in [-0.2, -0.15) is 0 Å². The molecule has 1 atom stereocenters. The fourth-order valence-electron chi connectivity index (χ4n) is 2.64. The largest absolute Gasteiger partial charge is 0.367 e. The Morgan fingerprint density at radius 3 is 2.82 bits per heavy atom. The summed E-state index contributed by atoms with van der Waals surface area (Å²) in [6, 6.07) is 9.79. The molecule has 2 heterocycles. The minimum absolute atomic E-state index is 0.0345. The average molecular weight is 334 g/mol. The molecular formula is C17H17Cl2N3. The molecule has 0 saturated carbocycles. The van der Waals surface area contributed by atoms with Gasteiger partial charge < -0.3 is 5.32 Å². The lowest BCUT2D eigenvalue weighted by molar-refractivity contribution is 0.637. The van der Waals surface area contributed by atoms with Crippen molar-refractivity contribution in [2.75, 3.05) is 6.54 Å². The molecule has 3 rings (SSSR count). The van der Waals surface area contributed by atoms with E-state index in [-0.39, 0.29) is 6.04 Å². The van der Waals surface area contributed by atoms with Crippen LogP contribution in [-0.2, 0) is 6.42 Å². The summed E-state index contributed by atoms with van der Waals surface area (Å²) < 4.78 is 0. The van der Waals surface area contributed by atoms with Crippen LogP contribution >= 0.6 is 23.2 Å². The molecule has 0 bridgehead atoms. The normalized spacial score (nSPS) is 15.5. The standard InChI is InChI=1S/C17H17Cl2N3/c18-14-6-1-5-13(17(14)19)15(22-16-7-3-9-21-16)10-12-4-2-8-20-11-12/h1-2,4-6,8,11,15H,3,7,9-10H2,(H,21,22). The zero-order chi connectivity index (χ0) is 15.4. The Hall–Kier alpha value is -1.58. The Morgan fingerprint density at radius 1 is 1.18 bits per heavy atom. The number of pyridine rings is 1. The highest BCUT2D eigenvalue weighted by Gasteiger charge is 2.19. The number of hydrogen-bond acceptors (Lipinski definition) is 3. The number of aromatic nitrogens is 1. The molecule has 2 aromatic rings. The van der Waals surface area contributed by atoms with Crippen LogP contribution in [0.2, 0.25) is 10.0 Å². The molecule has 5 heteroatoms. The quantitative estimate of drug-likeness (QED) is 0.897. The van der Waals surface area contributed by atoms with E-state index in [1.807, 2.05) is 30.5 Å². The summed E-state index contributed by atoms with van der Waals surface area (Å²) in [6.07, 6.45) is 6.53. The summed E-state index contributed by atoms with van der Waals surface area (Å²) in [5, 5.41) is 4.70. The highest BCUT2D eigenvalue weighted by molar-refractivity contribution is 6.42. The van der Waals surface area contributed by atoms with Gasteiger partial charge in [-0.15, -0.1) is 0 Å². The molecule has 1 aliphatic heterocycles. The lowest BCUT2D eigenvalue weighted by Crippen LogP contribution is -2.29. The second kappa shape index (κ2) is 7.12. The van der Waals surface area contributed by atoms with Crippen LogP contribution in [0.1, 0.15) is 30.0 Å². The first-order valence-electron chi connectivity index (χ1n) is 7.36. The molecule has 1 N–H and O–H groups in total. The van der Waals surface area contributed by atoms with Gasteiger partial charge in [0.1, 0.15) is 0 Å². The van der Waals surface area contributed by atoms with Gasteiger partial charge in [0.05, 0.1) is 21.9 Å². The van der Waals surface area contributed by atoms with E-state index in [9.17, 15) is 0 Å². The van der Waals surface area contributed by atoms with Crippen molar-refractivity contribution >= 4 is 29.0 Å². The first-order chi connectivity index (χ1) is 10.7. The Labute approximate surface area is 140 Å². The molecule has 1 aliphatic rings. The first-order valence-corrected chi connectivity index (χ1v) is 8.12. The third-order valence-electron chi connectivity index (χ3n) is 3.73. The van der Waals surface area contributed by atoms with Gasteiger partial charge >= 0.3 is 0 Å². The van der Waals surface area contributed by atoms with Crippen LogP contribution in [0.5, 0.6) is 0 Å². The Morgan fingerprint density at radius 2 is 2.09 bits per heavy atom. The summed E-state index contributed by atoms with van der Waals surface area (Å²) >= 11 is 12.6. The fraction of sp³-hybridized carbons (Fsp3) is 0.294. The van der Waals surface area contributed by atoms with E-state index < -0.39 is 0 Å². The fourth-order valence-corrected chi connectivity index (χ4v) is 3.08. The van der Waals surface area contributed by atoms with Gasteiger partial charge in [0.15, 0.2) is 0 Å². The van der Waals surface area contributed by atoms with Gasteiger partial charge in [-0.1, -0.05) is 41.4 Å². The molecule has 0 amide bonds. The van der Waals surface area contributed by atoms with Crippen molar-refractivity contribution in [2.45, 2.75) is 25.3 Å². The molecule has 22 heavy (non-hydrogen) atoms. The maximum atomic E-state index is 6.41. The summed E-state index contributed by atoms with van der Waals surface area (Å²) in [5.74, 6) is 1.05.